The van der Waals surface area contributed by atoms with Crippen LogP contribution in [0.15, 0.2) is 17.5 Å². The van der Waals surface area contributed by atoms with Crippen molar-refractivity contribution in [2.45, 2.75) is 20.3 Å². The number of ether oxygens (including phenoxy) is 1. The molecule has 1 aromatic rings. The lowest BCUT2D eigenvalue weighted by molar-refractivity contribution is -0.142. The molecular weight excluding hydrogens is 250 g/mol. The van der Waals surface area contributed by atoms with Gasteiger partial charge in [0.1, 0.15) is 0 Å². The van der Waals surface area contributed by atoms with E-state index in [2.05, 4.69) is 5.32 Å². The molecule has 0 spiro atoms. The third kappa shape index (κ3) is 5.14. The fourth-order valence-corrected chi connectivity index (χ4v) is 2.11. The van der Waals surface area contributed by atoms with Crippen LogP contribution < -0.4 is 5.32 Å². The van der Waals surface area contributed by atoms with Gasteiger partial charge < -0.3 is 10.1 Å². The molecule has 1 aromatic heterocycles. The Labute approximate surface area is 111 Å². The highest BCUT2D eigenvalue weighted by Gasteiger charge is 2.02. The molecule has 0 unspecified atom stereocenters. The van der Waals surface area contributed by atoms with Gasteiger partial charge >= 0.3 is 5.97 Å². The molecule has 0 aliphatic heterocycles. The van der Waals surface area contributed by atoms with Crippen molar-refractivity contribution in [1.29, 1.82) is 0 Å². The van der Waals surface area contributed by atoms with Crippen molar-refractivity contribution in [2.75, 3.05) is 13.2 Å². The monoisotopic (exact) mass is 267 g/mol. The zero-order chi connectivity index (χ0) is 13.4. The largest absolute Gasteiger partial charge is 0.466 e. The lowest BCUT2D eigenvalue weighted by Gasteiger charge is -2.02. The van der Waals surface area contributed by atoms with E-state index in [1.54, 1.807) is 24.3 Å². The molecule has 0 saturated carbocycles. The molecule has 1 amide bonds. The molecule has 1 rings (SSSR count). The molecule has 1 N–H and O–H groups in total. The summed E-state index contributed by atoms with van der Waals surface area (Å²) in [6.07, 6.45) is 3.45. The fraction of sp³-hybridized carbons (Fsp3) is 0.385. The van der Waals surface area contributed by atoms with E-state index in [9.17, 15) is 9.59 Å². The van der Waals surface area contributed by atoms with Gasteiger partial charge in [0.2, 0.25) is 5.91 Å². The van der Waals surface area contributed by atoms with Crippen LogP contribution in [0.3, 0.4) is 0 Å². The third-order valence-electron chi connectivity index (χ3n) is 2.22. The van der Waals surface area contributed by atoms with Gasteiger partial charge in [-0.15, -0.1) is 11.3 Å². The minimum Gasteiger partial charge on any atom is -0.466 e. The van der Waals surface area contributed by atoms with Crippen LogP contribution >= 0.6 is 11.3 Å². The van der Waals surface area contributed by atoms with Crippen LogP contribution in [0.4, 0.5) is 0 Å². The van der Waals surface area contributed by atoms with Crippen molar-refractivity contribution < 1.29 is 14.3 Å². The van der Waals surface area contributed by atoms with Crippen molar-refractivity contribution in [1.82, 2.24) is 5.32 Å². The number of thiophene rings is 1. The van der Waals surface area contributed by atoms with Crippen LogP contribution in [0.2, 0.25) is 0 Å². The molecule has 0 atom stereocenters. The maximum Gasteiger partial charge on any atom is 0.307 e. The third-order valence-corrected chi connectivity index (χ3v) is 3.21. The molecule has 18 heavy (non-hydrogen) atoms. The van der Waals surface area contributed by atoms with Crippen LogP contribution in [0.5, 0.6) is 0 Å². The summed E-state index contributed by atoms with van der Waals surface area (Å²) >= 11 is 1.59. The van der Waals surface area contributed by atoms with Crippen molar-refractivity contribution in [2.24, 2.45) is 0 Å². The van der Waals surface area contributed by atoms with Crippen molar-refractivity contribution >= 4 is 29.3 Å². The Morgan fingerprint density at radius 2 is 2.28 bits per heavy atom. The smallest absolute Gasteiger partial charge is 0.307 e. The van der Waals surface area contributed by atoms with Crippen molar-refractivity contribution in [3.05, 3.63) is 28.0 Å². The quantitative estimate of drug-likeness (QED) is 0.634. The fourth-order valence-electron chi connectivity index (χ4n) is 1.29. The highest BCUT2D eigenvalue weighted by Crippen LogP contribution is 2.16. The summed E-state index contributed by atoms with van der Waals surface area (Å²) in [4.78, 5) is 23.5. The van der Waals surface area contributed by atoms with Gasteiger partial charge in [0, 0.05) is 17.5 Å². The summed E-state index contributed by atoms with van der Waals surface area (Å²) in [5.41, 5.74) is 1.15. The number of amides is 1. The maximum absolute atomic E-state index is 11.4. The van der Waals surface area contributed by atoms with E-state index >= 15 is 0 Å². The first-order valence-corrected chi connectivity index (χ1v) is 6.67. The molecule has 0 saturated heterocycles. The van der Waals surface area contributed by atoms with Crippen LogP contribution in [-0.4, -0.2) is 25.0 Å². The molecule has 0 aliphatic rings. The molecule has 5 heteroatoms. The minimum atomic E-state index is -0.295. The van der Waals surface area contributed by atoms with Gasteiger partial charge in [-0.25, -0.2) is 0 Å². The highest BCUT2D eigenvalue weighted by atomic mass is 32.1. The second-order valence-corrected chi connectivity index (χ2v) is 4.59. The predicted octanol–water partition coefficient (Wildman–Crippen LogP) is 2.14. The first kappa shape index (κ1) is 14.4. The second-order valence-electron chi connectivity index (χ2n) is 3.65. The molecule has 0 fully saturated rings. The van der Waals surface area contributed by atoms with Crippen LogP contribution in [0.25, 0.3) is 6.08 Å². The maximum atomic E-state index is 11.4. The SMILES string of the molecule is CCOC(=O)CCNC(=O)C=Cc1sccc1C. The Kier molecular flexibility index (Phi) is 6.14. The van der Waals surface area contributed by atoms with Gasteiger partial charge in [0.15, 0.2) is 0 Å². The van der Waals surface area contributed by atoms with E-state index in [1.807, 2.05) is 18.4 Å². The van der Waals surface area contributed by atoms with E-state index < -0.39 is 0 Å². The topological polar surface area (TPSA) is 55.4 Å². The molecular formula is C13H17NO3S. The molecule has 4 nitrogen and oxygen atoms in total. The Bertz CT molecular complexity index is 437. The molecule has 1 heterocycles. The normalized spacial score (nSPS) is 10.6. The Balaban J connectivity index is 2.28. The molecule has 0 aromatic carbocycles. The van der Waals surface area contributed by atoms with Crippen molar-refractivity contribution in [3.8, 4) is 0 Å². The minimum absolute atomic E-state index is 0.200. The van der Waals surface area contributed by atoms with Crippen molar-refractivity contribution in [3.63, 3.8) is 0 Å². The first-order valence-electron chi connectivity index (χ1n) is 5.79. The van der Waals surface area contributed by atoms with Gasteiger partial charge in [0.05, 0.1) is 13.0 Å². The average molecular weight is 267 g/mol. The summed E-state index contributed by atoms with van der Waals surface area (Å²) in [5, 5.41) is 4.61. The number of esters is 1. The van der Waals surface area contributed by atoms with Crippen LogP contribution in [-0.2, 0) is 14.3 Å². The van der Waals surface area contributed by atoms with Gasteiger partial charge in [0.25, 0.3) is 0 Å². The zero-order valence-corrected chi connectivity index (χ0v) is 11.4. The Morgan fingerprint density at radius 3 is 2.89 bits per heavy atom. The standard InChI is InChI=1S/C13H17NO3S/c1-3-17-13(16)6-8-14-12(15)5-4-11-10(2)7-9-18-11/h4-5,7,9H,3,6,8H2,1-2H3,(H,14,15). The van der Waals surface area contributed by atoms with E-state index in [4.69, 9.17) is 4.74 Å². The average Bonchev–Trinajstić information content (AvgIpc) is 2.72. The van der Waals surface area contributed by atoms with Gasteiger partial charge in [-0.05, 0) is 36.9 Å². The molecule has 0 aliphatic carbocycles. The van der Waals surface area contributed by atoms with Crippen LogP contribution in [0.1, 0.15) is 23.8 Å². The number of carbonyl (C=O) groups excluding carboxylic acids is 2. The summed E-state index contributed by atoms with van der Waals surface area (Å²) in [7, 11) is 0. The Morgan fingerprint density at radius 1 is 1.50 bits per heavy atom. The number of aryl methyl sites for hydroxylation is 1. The lowest BCUT2D eigenvalue weighted by atomic mass is 10.3. The summed E-state index contributed by atoms with van der Waals surface area (Å²) < 4.78 is 4.75. The zero-order valence-electron chi connectivity index (χ0n) is 10.6. The lowest BCUT2D eigenvalue weighted by Crippen LogP contribution is -2.24. The van der Waals surface area contributed by atoms with E-state index in [1.165, 1.54) is 6.08 Å². The number of nitrogens with one attached hydrogen (secondary N) is 1. The van der Waals surface area contributed by atoms with E-state index in [-0.39, 0.29) is 18.3 Å². The molecule has 0 bridgehead atoms. The summed E-state index contributed by atoms with van der Waals surface area (Å²) in [5.74, 6) is -0.497. The second kappa shape index (κ2) is 7.66. The van der Waals surface area contributed by atoms with E-state index in [0.29, 0.717) is 13.2 Å². The first-order chi connectivity index (χ1) is 8.63. The van der Waals surface area contributed by atoms with Gasteiger partial charge in [-0.1, -0.05) is 0 Å². The summed E-state index contributed by atoms with van der Waals surface area (Å²) in [6, 6.07) is 2.00. The number of hydrogen-bond acceptors (Lipinski definition) is 4. The highest BCUT2D eigenvalue weighted by molar-refractivity contribution is 7.11. The molecule has 0 radical (unpaired) electrons. The van der Waals surface area contributed by atoms with Gasteiger partial charge in [-0.2, -0.15) is 0 Å². The Hall–Kier alpha value is -1.62. The molecule has 98 valence electrons. The summed E-state index contributed by atoms with van der Waals surface area (Å²) in [6.45, 7) is 4.41. The number of carbonyl (C=O) groups is 2. The van der Waals surface area contributed by atoms with E-state index in [0.717, 1.165) is 10.4 Å². The number of hydrogen-bond donors (Lipinski definition) is 1. The number of rotatable bonds is 6. The van der Waals surface area contributed by atoms with Crippen LogP contribution in [0, 0.1) is 6.92 Å². The predicted molar refractivity (Wildman–Crippen MR) is 72.3 cm³/mol. The van der Waals surface area contributed by atoms with Gasteiger partial charge in [-0.3, -0.25) is 9.59 Å².